The first-order chi connectivity index (χ1) is 9.66. The molecule has 0 atom stereocenters. The number of nitrogens with zero attached hydrogens (tertiary/aromatic N) is 1. The highest BCUT2D eigenvalue weighted by atomic mass is 19.4. The number of aromatic carboxylic acids is 1. The number of ether oxygens (including phenoxy) is 1. The van der Waals surface area contributed by atoms with Gasteiger partial charge in [0, 0.05) is 13.6 Å². The van der Waals surface area contributed by atoms with Crippen molar-refractivity contribution in [1.29, 1.82) is 0 Å². The Balaban J connectivity index is 3.02. The first kappa shape index (κ1) is 16.8. The van der Waals surface area contributed by atoms with Gasteiger partial charge in [0.1, 0.15) is 5.75 Å². The molecule has 5 nitrogen and oxygen atoms in total. The van der Waals surface area contributed by atoms with Crippen molar-refractivity contribution in [1.82, 2.24) is 4.90 Å². The Hall–Kier alpha value is -2.25. The van der Waals surface area contributed by atoms with E-state index in [0.717, 1.165) is 12.1 Å². The number of likely N-dealkylation sites (N-methyl/N-ethyl adjacent to an activating group) is 1. The number of hydrogen-bond acceptors (Lipinski definition) is 3. The number of carbonyl (C=O) groups is 2. The van der Waals surface area contributed by atoms with Crippen LogP contribution in [-0.4, -0.2) is 42.1 Å². The van der Waals surface area contributed by atoms with Crippen LogP contribution in [0.25, 0.3) is 0 Å². The van der Waals surface area contributed by atoms with Crippen LogP contribution >= 0.6 is 0 Å². The number of hydrogen-bond donors (Lipinski definition) is 1. The summed E-state index contributed by atoms with van der Waals surface area (Å²) in [6.45, 7) is 1.55. The Kier molecular flexibility index (Phi) is 5.17. The monoisotopic (exact) mass is 305 g/mol. The predicted octanol–water partition coefficient (Wildman–Crippen LogP) is 2.26. The second kappa shape index (κ2) is 6.47. The number of amides is 1. The highest BCUT2D eigenvalue weighted by Crippen LogP contribution is 2.36. The molecule has 8 heteroatoms. The van der Waals surface area contributed by atoms with E-state index in [-0.39, 0.29) is 0 Å². The third-order valence-corrected chi connectivity index (χ3v) is 2.78. The maximum Gasteiger partial charge on any atom is 0.419 e. The molecule has 0 spiro atoms. The SMILES string of the molecule is CCN(C)C(=O)COc1ccc(C(=O)O)cc1C(F)(F)F. The molecule has 0 unspecified atom stereocenters. The van der Waals surface area contributed by atoms with Crippen molar-refractivity contribution in [3.63, 3.8) is 0 Å². The number of halogens is 3. The van der Waals surface area contributed by atoms with Gasteiger partial charge in [0.25, 0.3) is 5.91 Å². The van der Waals surface area contributed by atoms with Crippen molar-refractivity contribution in [2.75, 3.05) is 20.2 Å². The van der Waals surface area contributed by atoms with Gasteiger partial charge < -0.3 is 14.7 Å². The third kappa shape index (κ3) is 4.37. The molecule has 0 bridgehead atoms. The predicted molar refractivity (Wildman–Crippen MR) is 67.2 cm³/mol. The molecule has 1 N–H and O–H groups in total. The zero-order chi connectivity index (χ0) is 16.2. The summed E-state index contributed by atoms with van der Waals surface area (Å²) in [6, 6.07) is 2.36. The van der Waals surface area contributed by atoms with Crippen LogP contribution in [0.15, 0.2) is 18.2 Å². The third-order valence-electron chi connectivity index (χ3n) is 2.78. The minimum Gasteiger partial charge on any atom is -0.483 e. The lowest BCUT2D eigenvalue weighted by molar-refractivity contribution is -0.140. The van der Waals surface area contributed by atoms with Gasteiger partial charge >= 0.3 is 12.1 Å². The summed E-state index contributed by atoms with van der Waals surface area (Å²) in [5, 5.41) is 8.72. The summed E-state index contributed by atoms with van der Waals surface area (Å²) in [4.78, 5) is 23.5. The number of rotatable bonds is 5. The molecule has 0 saturated carbocycles. The van der Waals surface area contributed by atoms with Gasteiger partial charge in [-0.15, -0.1) is 0 Å². The van der Waals surface area contributed by atoms with E-state index in [0.29, 0.717) is 12.6 Å². The second-order valence-corrected chi connectivity index (χ2v) is 4.21. The molecule has 0 aliphatic rings. The van der Waals surface area contributed by atoms with E-state index in [1.54, 1.807) is 6.92 Å². The van der Waals surface area contributed by atoms with Crippen LogP contribution in [0.4, 0.5) is 13.2 Å². The molecule has 0 aromatic heterocycles. The molecule has 0 aliphatic carbocycles. The van der Waals surface area contributed by atoms with Crippen LogP contribution in [-0.2, 0) is 11.0 Å². The van der Waals surface area contributed by atoms with Crippen LogP contribution < -0.4 is 4.74 Å². The summed E-state index contributed by atoms with van der Waals surface area (Å²) >= 11 is 0. The highest BCUT2D eigenvalue weighted by molar-refractivity contribution is 5.88. The Morgan fingerprint density at radius 1 is 1.33 bits per heavy atom. The molecule has 1 aromatic carbocycles. The topological polar surface area (TPSA) is 66.8 Å². The van der Waals surface area contributed by atoms with E-state index in [2.05, 4.69) is 0 Å². The van der Waals surface area contributed by atoms with Crippen molar-refractivity contribution in [2.24, 2.45) is 0 Å². The molecule has 0 radical (unpaired) electrons. The smallest absolute Gasteiger partial charge is 0.419 e. The molecule has 21 heavy (non-hydrogen) atoms. The molecule has 0 heterocycles. The van der Waals surface area contributed by atoms with Crippen LogP contribution in [0.3, 0.4) is 0 Å². The molecule has 1 amide bonds. The first-order valence-electron chi connectivity index (χ1n) is 5.98. The zero-order valence-electron chi connectivity index (χ0n) is 11.4. The number of carbonyl (C=O) groups excluding carboxylic acids is 1. The van der Waals surface area contributed by atoms with E-state index in [1.165, 1.54) is 11.9 Å². The van der Waals surface area contributed by atoms with E-state index in [1.807, 2.05) is 0 Å². The highest BCUT2D eigenvalue weighted by Gasteiger charge is 2.35. The lowest BCUT2D eigenvalue weighted by Gasteiger charge is -2.17. The van der Waals surface area contributed by atoms with Crippen LogP contribution in [0.1, 0.15) is 22.8 Å². The Bertz CT molecular complexity index is 543. The normalized spacial score (nSPS) is 11.1. The van der Waals surface area contributed by atoms with Gasteiger partial charge in [-0.2, -0.15) is 13.2 Å². The van der Waals surface area contributed by atoms with Crippen molar-refractivity contribution < 1.29 is 32.6 Å². The molecular weight excluding hydrogens is 291 g/mol. The number of benzene rings is 1. The van der Waals surface area contributed by atoms with Crippen LogP contribution in [0.5, 0.6) is 5.75 Å². The summed E-state index contributed by atoms with van der Waals surface area (Å²) in [6.07, 6.45) is -4.78. The summed E-state index contributed by atoms with van der Waals surface area (Å²) in [5.74, 6) is -2.54. The van der Waals surface area contributed by atoms with Gasteiger partial charge in [0.15, 0.2) is 6.61 Å². The van der Waals surface area contributed by atoms with E-state index in [9.17, 15) is 22.8 Å². The fourth-order valence-corrected chi connectivity index (χ4v) is 1.44. The van der Waals surface area contributed by atoms with Crippen molar-refractivity contribution >= 4 is 11.9 Å². The van der Waals surface area contributed by atoms with Gasteiger partial charge in [0.2, 0.25) is 0 Å². The van der Waals surface area contributed by atoms with E-state index >= 15 is 0 Å². The summed E-state index contributed by atoms with van der Waals surface area (Å²) < 4.78 is 43.5. The second-order valence-electron chi connectivity index (χ2n) is 4.21. The molecule has 0 fully saturated rings. The molecule has 116 valence electrons. The van der Waals surface area contributed by atoms with E-state index in [4.69, 9.17) is 9.84 Å². The number of carboxylic acid groups (broad SMARTS) is 1. The largest absolute Gasteiger partial charge is 0.483 e. The van der Waals surface area contributed by atoms with Crippen LogP contribution in [0, 0.1) is 0 Å². The van der Waals surface area contributed by atoms with Crippen molar-refractivity contribution in [3.05, 3.63) is 29.3 Å². The van der Waals surface area contributed by atoms with Crippen molar-refractivity contribution in [2.45, 2.75) is 13.1 Å². The Labute approximate surface area is 118 Å². The summed E-state index contributed by atoms with van der Waals surface area (Å²) in [5.41, 5.74) is -1.74. The number of carboxylic acids is 1. The molecule has 1 rings (SSSR count). The Morgan fingerprint density at radius 2 is 1.95 bits per heavy atom. The fourth-order valence-electron chi connectivity index (χ4n) is 1.44. The zero-order valence-corrected chi connectivity index (χ0v) is 11.4. The fraction of sp³-hybridized carbons (Fsp3) is 0.385. The summed E-state index contributed by atoms with van der Waals surface area (Å²) in [7, 11) is 1.49. The minimum atomic E-state index is -4.78. The number of alkyl halides is 3. The standard InChI is InChI=1S/C13H14F3NO4/c1-3-17(2)11(18)7-21-10-5-4-8(12(19)20)6-9(10)13(14,15)16/h4-6H,3,7H2,1-2H3,(H,19,20). The quantitative estimate of drug-likeness (QED) is 0.906. The van der Waals surface area contributed by atoms with Gasteiger partial charge in [-0.25, -0.2) is 4.79 Å². The molecular formula is C13H14F3NO4. The molecule has 0 aliphatic heterocycles. The van der Waals surface area contributed by atoms with Gasteiger partial charge in [0.05, 0.1) is 11.1 Å². The average molecular weight is 305 g/mol. The van der Waals surface area contributed by atoms with Crippen LogP contribution in [0.2, 0.25) is 0 Å². The van der Waals surface area contributed by atoms with Gasteiger partial charge in [-0.05, 0) is 25.1 Å². The maximum atomic E-state index is 12.9. The van der Waals surface area contributed by atoms with Gasteiger partial charge in [-0.3, -0.25) is 4.79 Å². The van der Waals surface area contributed by atoms with Gasteiger partial charge in [-0.1, -0.05) is 0 Å². The molecule has 1 aromatic rings. The molecule has 0 saturated heterocycles. The first-order valence-corrected chi connectivity index (χ1v) is 5.98. The lowest BCUT2D eigenvalue weighted by Crippen LogP contribution is -2.31. The Morgan fingerprint density at radius 3 is 2.43 bits per heavy atom. The maximum absolute atomic E-state index is 12.9. The van der Waals surface area contributed by atoms with E-state index < -0.39 is 41.5 Å². The lowest BCUT2D eigenvalue weighted by atomic mass is 10.1. The average Bonchev–Trinajstić information content (AvgIpc) is 2.42. The van der Waals surface area contributed by atoms with Crippen molar-refractivity contribution in [3.8, 4) is 5.75 Å². The minimum absolute atomic E-state index is 0.395.